The van der Waals surface area contributed by atoms with E-state index in [9.17, 15) is 9.59 Å². The fourth-order valence-corrected chi connectivity index (χ4v) is 4.04. The molecule has 0 bridgehead atoms. The number of fused-ring (bicyclic) bond motifs is 1. The first kappa shape index (κ1) is 18.9. The molecule has 0 radical (unpaired) electrons. The number of benzene rings is 2. The van der Waals surface area contributed by atoms with Gasteiger partial charge in [-0.05, 0) is 30.2 Å². The average molecular weight is 405 g/mol. The van der Waals surface area contributed by atoms with Gasteiger partial charge in [0.15, 0.2) is 4.96 Å². The van der Waals surface area contributed by atoms with Gasteiger partial charge in [0.05, 0.1) is 13.2 Å². The number of nitrogens with one attached hydrogen (secondary N) is 1. The third kappa shape index (κ3) is 3.64. The van der Waals surface area contributed by atoms with E-state index in [1.54, 1.807) is 7.11 Å². The van der Waals surface area contributed by atoms with E-state index in [0.717, 1.165) is 16.8 Å². The molecule has 0 saturated carbocycles. The van der Waals surface area contributed by atoms with Gasteiger partial charge >= 0.3 is 0 Å². The van der Waals surface area contributed by atoms with Crippen LogP contribution in [0.25, 0.3) is 4.96 Å². The van der Waals surface area contributed by atoms with Crippen molar-refractivity contribution >= 4 is 22.2 Å². The molecule has 1 atom stereocenters. The third-order valence-electron chi connectivity index (χ3n) is 4.70. The molecule has 2 aromatic heterocycles. The van der Waals surface area contributed by atoms with Gasteiger partial charge in [-0.15, -0.1) is 11.3 Å². The second-order valence-corrected chi connectivity index (χ2v) is 7.40. The zero-order valence-electron chi connectivity index (χ0n) is 16.0. The Labute approximate surface area is 171 Å². The lowest BCUT2D eigenvalue weighted by Gasteiger charge is -2.20. The summed E-state index contributed by atoms with van der Waals surface area (Å²) >= 11 is 1.37. The Morgan fingerprint density at radius 2 is 1.90 bits per heavy atom. The summed E-state index contributed by atoms with van der Waals surface area (Å²) in [5.74, 6) is 0.217. The first-order valence-electron chi connectivity index (χ1n) is 9.04. The molecule has 6 nitrogen and oxygen atoms in total. The summed E-state index contributed by atoms with van der Waals surface area (Å²) in [5.41, 5.74) is 2.14. The van der Waals surface area contributed by atoms with Crippen molar-refractivity contribution in [3.8, 4) is 5.75 Å². The zero-order chi connectivity index (χ0) is 20.4. The summed E-state index contributed by atoms with van der Waals surface area (Å²) in [6.45, 7) is 1.82. The second kappa shape index (κ2) is 7.89. The molecule has 2 heterocycles. The minimum atomic E-state index is -0.473. The number of carbonyl (C=O) groups excluding carboxylic acids is 1. The molecule has 1 amide bonds. The third-order valence-corrected chi connectivity index (χ3v) is 5.65. The largest absolute Gasteiger partial charge is 0.497 e. The Balaban J connectivity index is 1.75. The first-order chi connectivity index (χ1) is 14.1. The minimum Gasteiger partial charge on any atom is -0.497 e. The number of nitrogens with zero attached hydrogens (tertiary/aromatic N) is 2. The molecule has 4 aromatic rings. The summed E-state index contributed by atoms with van der Waals surface area (Å²) in [4.78, 5) is 30.7. The summed E-state index contributed by atoms with van der Waals surface area (Å²) in [6, 6.07) is 16.7. The highest BCUT2D eigenvalue weighted by atomic mass is 32.1. The summed E-state index contributed by atoms with van der Waals surface area (Å²) in [5, 5.41) is 4.83. The molecule has 0 saturated heterocycles. The molecule has 1 N–H and O–H groups in total. The van der Waals surface area contributed by atoms with Crippen LogP contribution in [-0.2, 0) is 0 Å². The summed E-state index contributed by atoms with van der Waals surface area (Å²) < 4.78 is 6.79. The normalized spacial score (nSPS) is 11.9. The van der Waals surface area contributed by atoms with Gasteiger partial charge in [-0.1, -0.05) is 42.5 Å². The maximum Gasteiger partial charge on any atom is 0.271 e. The Bertz CT molecular complexity index is 1230. The number of aryl methyl sites for hydroxylation is 1. The molecule has 0 fully saturated rings. The van der Waals surface area contributed by atoms with Crippen LogP contribution in [0.1, 0.15) is 33.2 Å². The SMILES string of the molecule is COc1cccc([C@@H](NC(=O)c2cnc3scc(C)n3c2=O)c2ccccc2)c1. The van der Waals surface area contributed by atoms with Gasteiger partial charge in [0.2, 0.25) is 0 Å². The molecular weight excluding hydrogens is 386 g/mol. The number of rotatable bonds is 5. The van der Waals surface area contributed by atoms with Gasteiger partial charge in [-0.2, -0.15) is 0 Å². The maximum atomic E-state index is 13.1. The number of aromatic nitrogens is 2. The van der Waals surface area contributed by atoms with Crippen molar-refractivity contribution in [2.75, 3.05) is 7.11 Å². The molecule has 4 rings (SSSR count). The number of amides is 1. The number of methoxy groups -OCH3 is 1. The van der Waals surface area contributed by atoms with Crippen LogP contribution >= 0.6 is 11.3 Å². The topological polar surface area (TPSA) is 72.7 Å². The Hall–Kier alpha value is -3.45. The highest BCUT2D eigenvalue weighted by Gasteiger charge is 2.21. The van der Waals surface area contributed by atoms with Crippen molar-refractivity contribution in [1.82, 2.24) is 14.7 Å². The predicted molar refractivity (Wildman–Crippen MR) is 113 cm³/mol. The van der Waals surface area contributed by atoms with Crippen molar-refractivity contribution < 1.29 is 9.53 Å². The van der Waals surface area contributed by atoms with Gasteiger partial charge in [-0.25, -0.2) is 4.98 Å². The van der Waals surface area contributed by atoms with Crippen LogP contribution < -0.4 is 15.6 Å². The lowest BCUT2D eigenvalue weighted by atomic mass is 9.98. The van der Waals surface area contributed by atoms with E-state index in [1.165, 1.54) is 21.9 Å². The van der Waals surface area contributed by atoms with Crippen LogP contribution in [-0.4, -0.2) is 22.4 Å². The monoisotopic (exact) mass is 405 g/mol. The molecule has 29 heavy (non-hydrogen) atoms. The second-order valence-electron chi connectivity index (χ2n) is 6.57. The number of carbonyl (C=O) groups is 1. The van der Waals surface area contributed by atoms with E-state index in [4.69, 9.17) is 4.74 Å². The zero-order valence-corrected chi connectivity index (χ0v) is 16.8. The number of hydrogen-bond acceptors (Lipinski definition) is 5. The van der Waals surface area contributed by atoms with E-state index < -0.39 is 11.9 Å². The number of ether oxygens (including phenoxy) is 1. The standard InChI is InChI=1S/C22H19N3O3S/c1-14-13-29-22-23-12-18(21(27)25(14)22)20(26)24-19(15-7-4-3-5-8-15)16-9-6-10-17(11-16)28-2/h3-13,19H,1-2H3,(H,24,26)/t19-/m0/s1. The van der Waals surface area contributed by atoms with Crippen molar-refractivity contribution in [2.24, 2.45) is 0 Å². The Kier molecular flexibility index (Phi) is 5.14. The van der Waals surface area contributed by atoms with E-state index in [0.29, 0.717) is 10.7 Å². The van der Waals surface area contributed by atoms with Crippen molar-refractivity contribution in [3.63, 3.8) is 0 Å². The Morgan fingerprint density at radius 3 is 2.66 bits per heavy atom. The number of hydrogen-bond donors (Lipinski definition) is 1. The van der Waals surface area contributed by atoms with Gasteiger partial charge in [0, 0.05) is 17.3 Å². The van der Waals surface area contributed by atoms with Crippen molar-refractivity contribution in [1.29, 1.82) is 0 Å². The van der Waals surface area contributed by atoms with Crippen LogP contribution in [0.3, 0.4) is 0 Å². The molecule has 0 spiro atoms. The van der Waals surface area contributed by atoms with Crippen LogP contribution in [0.2, 0.25) is 0 Å². The lowest BCUT2D eigenvalue weighted by molar-refractivity contribution is 0.0941. The van der Waals surface area contributed by atoms with Crippen LogP contribution in [0, 0.1) is 6.92 Å². The molecule has 0 unspecified atom stereocenters. The average Bonchev–Trinajstić information content (AvgIpc) is 3.14. The van der Waals surface area contributed by atoms with E-state index in [1.807, 2.05) is 66.9 Å². The fourth-order valence-electron chi connectivity index (χ4n) is 3.22. The smallest absolute Gasteiger partial charge is 0.271 e. The van der Waals surface area contributed by atoms with E-state index >= 15 is 0 Å². The van der Waals surface area contributed by atoms with Crippen molar-refractivity contribution in [3.05, 3.63) is 98.9 Å². The minimum absolute atomic E-state index is 0.00725. The number of thiazole rings is 1. The van der Waals surface area contributed by atoms with Gasteiger partial charge in [0.25, 0.3) is 11.5 Å². The maximum absolute atomic E-state index is 13.1. The molecule has 0 aliphatic heterocycles. The van der Waals surface area contributed by atoms with Crippen LogP contribution in [0.5, 0.6) is 5.75 Å². The van der Waals surface area contributed by atoms with E-state index in [-0.39, 0.29) is 11.1 Å². The molecule has 146 valence electrons. The van der Waals surface area contributed by atoms with Crippen molar-refractivity contribution in [2.45, 2.75) is 13.0 Å². The molecule has 0 aliphatic rings. The van der Waals surface area contributed by atoms with Crippen LogP contribution in [0.4, 0.5) is 0 Å². The quantitative estimate of drug-likeness (QED) is 0.551. The van der Waals surface area contributed by atoms with E-state index in [2.05, 4.69) is 10.3 Å². The Morgan fingerprint density at radius 1 is 1.14 bits per heavy atom. The van der Waals surface area contributed by atoms with Gasteiger partial charge < -0.3 is 10.1 Å². The molecule has 0 aliphatic carbocycles. The highest BCUT2D eigenvalue weighted by Crippen LogP contribution is 2.25. The summed E-state index contributed by atoms with van der Waals surface area (Å²) in [7, 11) is 1.60. The predicted octanol–water partition coefficient (Wildman–Crippen LogP) is 3.59. The molecule has 7 heteroatoms. The molecule has 2 aromatic carbocycles. The highest BCUT2D eigenvalue weighted by molar-refractivity contribution is 7.15. The van der Waals surface area contributed by atoms with Crippen LogP contribution in [0.15, 0.2) is 71.0 Å². The summed E-state index contributed by atoms with van der Waals surface area (Å²) in [6.07, 6.45) is 1.34. The molecular formula is C22H19N3O3S. The van der Waals surface area contributed by atoms with Gasteiger partial charge in [-0.3, -0.25) is 14.0 Å². The van der Waals surface area contributed by atoms with Gasteiger partial charge in [0.1, 0.15) is 11.3 Å². The first-order valence-corrected chi connectivity index (χ1v) is 9.92. The lowest BCUT2D eigenvalue weighted by Crippen LogP contribution is -2.34. The fraction of sp³-hybridized carbons (Fsp3) is 0.136.